The van der Waals surface area contributed by atoms with Gasteiger partial charge in [-0.3, -0.25) is 14.4 Å². The number of rotatable bonds is 7. The lowest BCUT2D eigenvalue weighted by atomic mass is 10.0. The standard InChI is InChI=1S/C22H25N3O3/c1-16(17-6-3-2-4-7-17)14-23-20(26)15-24-22(28)18-9-11-19(12-10-18)25-13-5-8-21(25)27/h2-4,6-7,9-12,16H,5,8,13-15H2,1H3,(H,23,26)(H,24,28). The SMILES string of the molecule is CC(CNC(=O)CNC(=O)c1ccc(N2CCCC2=O)cc1)c1ccccc1. The predicted molar refractivity (Wildman–Crippen MR) is 108 cm³/mol. The molecule has 0 aliphatic carbocycles. The minimum absolute atomic E-state index is 0.0767. The van der Waals surface area contributed by atoms with Gasteiger partial charge in [0.25, 0.3) is 5.91 Å². The number of carbonyl (C=O) groups is 3. The average Bonchev–Trinajstić information content (AvgIpc) is 3.16. The molecule has 1 atom stereocenters. The summed E-state index contributed by atoms with van der Waals surface area (Å²) in [6, 6.07) is 16.8. The Morgan fingerprint density at radius 3 is 2.39 bits per heavy atom. The van der Waals surface area contributed by atoms with Gasteiger partial charge in [0.1, 0.15) is 0 Å². The van der Waals surface area contributed by atoms with E-state index in [9.17, 15) is 14.4 Å². The molecule has 1 heterocycles. The zero-order valence-electron chi connectivity index (χ0n) is 16.0. The van der Waals surface area contributed by atoms with E-state index in [2.05, 4.69) is 10.6 Å². The van der Waals surface area contributed by atoms with Crippen molar-refractivity contribution in [3.63, 3.8) is 0 Å². The normalized spacial score (nSPS) is 14.6. The molecule has 1 aliphatic heterocycles. The fourth-order valence-corrected chi connectivity index (χ4v) is 3.21. The van der Waals surface area contributed by atoms with Crippen molar-refractivity contribution in [2.45, 2.75) is 25.7 Å². The Hall–Kier alpha value is -3.15. The molecule has 3 amide bonds. The van der Waals surface area contributed by atoms with Gasteiger partial charge in [0.05, 0.1) is 6.54 Å². The summed E-state index contributed by atoms with van der Waals surface area (Å²) in [5.41, 5.74) is 2.41. The molecule has 2 aromatic rings. The second-order valence-corrected chi connectivity index (χ2v) is 6.99. The molecule has 28 heavy (non-hydrogen) atoms. The van der Waals surface area contributed by atoms with Crippen molar-refractivity contribution < 1.29 is 14.4 Å². The highest BCUT2D eigenvalue weighted by molar-refractivity contribution is 5.98. The lowest BCUT2D eigenvalue weighted by molar-refractivity contribution is -0.120. The summed E-state index contributed by atoms with van der Waals surface area (Å²) >= 11 is 0. The van der Waals surface area contributed by atoms with Crippen molar-refractivity contribution in [3.05, 3.63) is 65.7 Å². The minimum atomic E-state index is -0.314. The van der Waals surface area contributed by atoms with Crippen LogP contribution < -0.4 is 15.5 Å². The Bertz CT molecular complexity index is 834. The van der Waals surface area contributed by atoms with Gasteiger partial charge in [0.15, 0.2) is 0 Å². The molecule has 0 bridgehead atoms. The third-order valence-electron chi connectivity index (χ3n) is 4.90. The summed E-state index contributed by atoms with van der Waals surface area (Å²) in [5, 5.41) is 5.47. The number of benzene rings is 2. The zero-order valence-corrected chi connectivity index (χ0v) is 16.0. The fraction of sp³-hybridized carbons (Fsp3) is 0.318. The van der Waals surface area contributed by atoms with E-state index < -0.39 is 0 Å². The molecule has 1 aliphatic rings. The van der Waals surface area contributed by atoms with Crippen molar-refractivity contribution in [3.8, 4) is 0 Å². The van der Waals surface area contributed by atoms with E-state index in [1.54, 1.807) is 29.2 Å². The molecule has 6 nitrogen and oxygen atoms in total. The Labute approximate surface area is 164 Å². The number of hydrogen-bond donors (Lipinski definition) is 2. The predicted octanol–water partition coefficient (Wildman–Crippen LogP) is 2.46. The van der Waals surface area contributed by atoms with Crippen LogP contribution in [-0.2, 0) is 9.59 Å². The maximum Gasteiger partial charge on any atom is 0.251 e. The van der Waals surface area contributed by atoms with Crippen LogP contribution >= 0.6 is 0 Å². The van der Waals surface area contributed by atoms with Crippen LogP contribution in [0.3, 0.4) is 0 Å². The van der Waals surface area contributed by atoms with E-state index in [4.69, 9.17) is 0 Å². The topological polar surface area (TPSA) is 78.5 Å². The van der Waals surface area contributed by atoms with E-state index in [0.717, 1.165) is 17.7 Å². The third-order valence-corrected chi connectivity index (χ3v) is 4.90. The molecule has 2 N–H and O–H groups in total. The maximum atomic E-state index is 12.2. The van der Waals surface area contributed by atoms with Gasteiger partial charge < -0.3 is 15.5 Å². The first-order valence-electron chi connectivity index (χ1n) is 9.55. The molecule has 3 rings (SSSR count). The van der Waals surface area contributed by atoms with Crippen LogP contribution in [0.5, 0.6) is 0 Å². The highest BCUT2D eigenvalue weighted by atomic mass is 16.2. The Morgan fingerprint density at radius 1 is 1.04 bits per heavy atom. The van der Waals surface area contributed by atoms with Gasteiger partial charge >= 0.3 is 0 Å². The zero-order chi connectivity index (χ0) is 19.9. The molecule has 146 valence electrons. The largest absolute Gasteiger partial charge is 0.354 e. The van der Waals surface area contributed by atoms with E-state index in [0.29, 0.717) is 25.1 Å². The van der Waals surface area contributed by atoms with Crippen LogP contribution in [0.15, 0.2) is 54.6 Å². The molecule has 1 fully saturated rings. The summed E-state index contributed by atoms with van der Waals surface area (Å²) < 4.78 is 0. The van der Waals surface area contributed by atoms with Crippen LogP contribution in [-0.4, -0.2) is 37.4 Å². The first-order chi connectivity index (χ1) is 13.5. The highest BCUT2D eigenvalue weighted by Crippen LogP contribution is 2.21. The lowest BCUT2D eigenvalue weighted by Crippen LogP contribution is -2.38. The first-order valence-corrected chi connectivity index (χ1v) is 9.55. The van der Waals surface area contributed by atoms with Gasteiger partial charge in [-0.25, -0.2) is 0 Å². The molecule has 1 saturated heterocycles. The van der Waals surface area contributed by atoms with E-state index in [1.165, 1.54) is 0 Å². The number of hydrogen-bond acceptors (Lipinski definition) is 3. The number of carbonyl (C=O) groups excluding carboxylic acids is 3. The smallest absolute Gasteiger partial charge is 0.251 e. The molecule has 0 saturated carbocycles. The van der Waals surface area contributed by atoms with Gasteiger partial charge in [-0.1, -0.05) is 37.3 Å². The Morgan fingerprint density at radius 2 is 1.75 bits per heavy atom. The molecule has 2 aromatic carbocycles. The van der Waals surface area contributed by atoms with Crippen LogP contribution in [0, 0.1) is 0 Å². The molecule has 0 radical (unpaired) electrons. The summed E-state index contributed by atoms with van der Waals surface area (Å²) in [4.78, 5) is 37.7. The van der Waals surface area contributed by atoms with Crippen molar-refractivity contribution >= 4 is 23.4 Å². The molecule has 6 heteroatoms. The average molecular weight is 379 g/mol. The molecular weight excluding hydrogens is 354 g/mol. The fourth-order valence-electron chi connectivity index (χ4n) is 3.21. The lowest BCUT2D eigenvalue weighted by Gasteiger charge is -2.16. The monoisotopic (exact) mass is 379 g/mol. The van der Waals surface area contributed by atoms with Gasteiger partial charge in [0, 0.05) is 30.8 Å². The number of anilines is 1. The summed E-state index contributed by atoms with van der Waals surface area (Å²) in [5.74, 6) is -0.235. The number of amides is 3. The van der Waals surface area contributed by atoms with Crippen molar-refractivity contribution in [2.75, 3.05) is 24.5 Å². The van der Waals surface area contributed by atoms with E-state index >= 15 is 0 Å². The van der Waals surface area contributed by atoms with E-state index in [-0.39, 0.29) is 30.2 Å². The van der Waals surface area contributed by atoms with Crippen LogP contribution in [0.25, 0.3) is 0 Å². The molecule has 0 aromatic heterocycles. The third kappa shape index (κ3) is 4.97. The number of nitrogens with zero attached hydrogens (tertiary/aromatic N) is 1. The van der Waals surface area contributed by atoms with Crippen molar-refractivity contribution in [1.29, 1.82) is 0 Å². The van der Waals surface area contributed by atoms with Gasteiger partial charge in [-0.2, -0.15) is 0 Å². The van der Waals surface area contributed by atoms with E-state index in [1.807, 2.05) is 37.3 Å². The van der Waals surface area contributed by atoms with Gasteiger partial charge in [-0.15, -0.1) is 0 Å². The van der Waals surface area contributed by atoms with Gasteiger partial charge in [0.2, 0.25) is 11.8 Å². The molecule has 1 unspecified atom stereocenters. The summed E-state index contributed by atoms with van der Waals surface area (Å²) in [6.07, 6.45) is 1.43. The highest BCUT2D eigenvalue weighted by Gasteiger charge is 2.21. The first kappa shape index (κ1) is 19.6. The molecular formula is C22H25N3O3. The second kappa shape index (κ2) is 9.17. The van der Waals surface area contributed by atoms with Crippen molar-refractivity contribution in [1.82, 2.24) is 10.6 Å². The summed E-state index contributed by atoms with van der Waals surface area (Å²) in [7, 11) is 0. The van der Waals surface area contributed by atoms with Crippen LogP contribution in [0.2, 0.25) is 0 Å². The van der Waals surface area contributed by atoms with Crippen molar-refractivity contribution in [2.24, 2.45) is 0 Å². The van der Waals surface area contributed by atoms with Gasteiger partial charge in [-0.05, 0) is 42.2 Å². The summed E-state index contributed by atoms with van der Waals surface area (Å²) in [6.45, 7) is 3.19. The maximum absolute atomic E-state index is 12.2. The Balaban J connectivity index is 1.44. The number of nitrogens with one attached hydrogen (secondary N) is 2. The van der Waals surface area contributed by atoms with Crippen LogP contribution in [0.1, 0.15) is 41.6 Å². The Kier molecular flexibility index (Phi) is 6.42. The van der Waals surface area contributed by atoms with Crippen LogP contribution in [0.4, 0.5) is 5.69 Å². The minimum Gasteiger partial charge on any atom is -0.354 e. The quantitative estimate of drug-likeness (QED) is 0.776. The second-order valence-electron chi connectivity index (χ2n) is 6.99. The molecule has 0 spiro atoms.